The zero-order chi connectivity index (χ0) is 8.74. The molecule has 0 aromatic carbocycles. The summed E-state index contributed by atoms with van der Waals surface area (Å²) in [7, 11) is -3.33. The molecule has 0 aliphatic carbocycles. The molecule has 0 aromatic rings. The van der Waals surface area contributed by atoms with Crippen molar-refractivity contribution in [3.05, 3.63) is 0 Å². The Labute approximate surface area is 67.6 Å². The van der Waals surface area contributed by atoms with Crippen molar-refractivity contribution in [3.8, 4) is 0 Å². The monoisotopic (exact) mass is 182 g/mol. The predicted molar refractivity (Wildman–Crippen MR) is 41.9 cm³/mol. The molecule has 0 atom stereocenters. The maximum absolute atomic E-state index is 10.8. The third-order valence-electron chi connectivity index (χ3n) is 0.979. The van der Waals surface area contributed by atoms with Crippen LogP contribution in [0.3, 0.4) is 0 Å². The van der Waals surface area contributed by atoms with Crippen molar-refractivity contribution in [2.45, 2.75) is 13.8 Å². The molecule has 0 aromatic heterocycles. The predicted octanol–water partition coefficient (Wildman–Crippen LogP) is 0.389. The fourth-order valence-electron chi connectivity index (χ4n) is 0.544. The van der Waals surface area contributed by atoms with Crippen molar-refractivity contribution in [3.63, 3.8) is 0 Å². The van der Waals surface area contributed by atoms with E-state index in [4.69, 9.17) is 4.74 Å². The summed E-state index contributed by atoms with van der Waals surface area (Å²) in [6.07, 6.45) is 0. The lowest BCUT2D eigenvalue weighted by atomic mass is 10.8. The Morgan fingerprint density at radius 2 is 1.82 bits per heavy atom. The average Bonchev–Trinajstić information content (AvgIpc) is 1.87. The van der Waals surface area contributed by atoms with Crippen LogP contribution in [0.1, 0.15) is 13.8 Å². The molecule has 68 valence electrons. The van der Waals surface area contributed by atoms with Crippen LogP contribution in [0, 0.1) is 0 Å². The molecule has 0 amide bonds. The van der Waals surface area contributed by atoms with Crippen molar-refractivity contribution >= 4 is 10.1 Å². The summed E-state index contributed by atoms with van der Waals surface area (Å²) in [6.45, 7) is 4.38. The van der Waals surface area contributed by atoms with Gasteiger partial charge < -0.3 is 4.74 Å². The van der Waals surface area contributed by atoms with Gasteiger partial charge in [0.25, 0.3) is 10.1 Å². The first-order chi connectivity index (χ1) is 5.12. The Bertz CT molecular complexity index is 173. The third-order valence-corrected chi connectivity index (χ3v) is 2.24. The van der Waals surface area contributed by atoms with Crippen LogP contribution < -0.4 is 0 Å². The summed E-state index contributed by atoms with van der Waals surface area (Å²) in [5.41, 5.74) is 0. The minimum atomic E-state index is -3.33. The molecule has 0 bridgehead atoms. The molecule has 0 saturated heterocycles. The second-order valence-corrected chi connectivity index (χ2v) is 3.62. The molecule has 11 heavy (non-hydrogen) atoms. The lowest BCUT2D eigenvalue weighted by molar-refractivity contribution is 0.161. The van der Waals surface area contributed by atoms with Crippen LogP contribution in [0.2, 0.25) is 0 Å². The maximum Gasteiger partial charge on any atom is 0.269 e. The Balaban J connectivity index is 3.56. The SMILES string of the molecule is CCOCCS(=O)(=O)OCC. The molecular weight excluding hydrogens is 168 g/mol. The van der Waals surface area contributed by atoms with Gasteiger partial charge in [0.15, 0.2) is 0 Å². The number of hydrogen-bond acceptors (Lipinski definition) is 4. The number of ether oxygens (including phenoxy) is 1. The molecule has 0 rings (SSSR count). The highest BCUT2D eigenvalue weighted by molar-refractivity contribution is 7.86. The lowest BCUT2D eigenvalue weighted by Gasteiger charge is -2.02. The Hall–Kier alpha value is -0.130. The topological polar surface area (TPSA) is 52.6 Å². The van der Waals surface area contributed by atoms with Gasteiger partial charge in [0, 0.05) is 6.61 Å². The quantitative estimate of drug-likeness (QED) is 0.440. The number of hydrogen-bond donors (Lipinski definition) is 0. The van der Waals surface area contributed by atoms with E-state index >= 15 is 0 Å². The maximum atomic E-state index is 10.8. The van der Waals surface area contributed by atoms with Gasteiger partial charge in [0.1, 0.15) is 0 Å². The molecule has 4 nitrogen and oxygen atoms in total. The van der Waals surface area contributed by atoms with E-state index in [1.807, 2.05) is 6.92 Å². The van der Waals surface area contributed by atoms with Crippen molar-refractivity contribution < 1.29 is 17.3 Å². The van der Waals surface area contributed by atoms with Crippen LogP contribution in [-0.4, -0.2) is 34.0 Å². The molecule has 0 saturated carbocycles. The minimum Gasteiger partial charge on any atom is -0.381 e. The highest BCUT2D eigenvalue weighted by atomic mass is 32.2. The molecule has 0 fully saturated rings. The zero-order valence-electron chi connectivity index (χ0n) is 6.87. The summed E-state index contributed by atoms with van der Waals surface area (Å²) in [6, 6.07) is 0. The van der Waals surface area contributed by atoms with E-state index in [0.29, 0.717) is 6.61 Å². The molecule has 0 N–H and O–H groups in total. The fourth-order valence-corrected chi connectivity index (χ4v) is 1.34. The van der Waals surface area contributed by atoms with Gasteiger partial charge in [-0.05, 0) is 13.8 Å². The molecule has 5 heteroatoms. The van der Waals surface area contributed by atoms with Gasteiger partial charge in [-0.2, -0.15) is 8.42 Å². The van der Waals surface area contributed by atoms with Crippen molar-refractivity contribution in [1.29, 1.82) is 0 Å². The first-order valence-electron chi connectivity index (χ1n) is 3.57. The summed E-state index contributed by atoms with van der Waals surface area (Å²) in [4.78, 5) is 0. The Morgan fingerprint density at radius 1 is 1.18 bits per heavy atom. The van der Waals surface area contributed by atoms with E-state index in [-0.39, 0.29) is 19.0 Å². The van der Waals surface area contributed by atoms with Gasteiger partial charge in [0.05, 0.1) is 19.0 Å². The van der Waals surface area contributed by atoms with Gasteiger partial charge in [-0.1, -0.05) is 0 Å². The molecule has 0 aliphatic rings. The van der Waals surface area contributed by atoms with E-state index in [1.165, 1.54) is 0 Å². The van der Waals surface area contributed by atoms with Crippen LogP contribution in [0.4, 0.5) is 0 Å². The number of rotatable bonds is 6. The van der Waals surface area contributed by atoms with Crippen molar-refractivity contribution in [1.82, 2.24) is 0 Å². The van der Waals surface area contributed by atoms with Crippen LogP contribution >= 0.6 is 0 Å². The lowest BCUT2D eigenvalue weighted by Crippen LogP contribution is -2.14. The average molecular weight is 182 g/mol. The highest BCUT2D eigenvalue weighted by Crippen LogP contribution is 1.92. The second kappa shape index (κ2) is 5.51. The van der Waals surface area contributed by atoms with Gasteiger partial charge in [-0.3, -0.25) is 4.18 Å². The van der Waals surface area contributed by atoms with Crippen LogP contribution in [-0.2, 0) is 19.0 Å². The van der Waals surface area contributed by atoms with Gasteiger partial charge in [0.2, 0.25) is 0 Å². The fraction of sp³-hybridized carbons (Fsp3) is 1.00. The normalized spacial score (nSPS) is 11.8. The minimum absolute atomic E-state index is 0.0608. The van der Waals surface area contributed by atoms with Crippen molar-refractivity contribution in [2.24, 2.45) is 0 Å². The summed E-state index contributed by atoms with van der Waals surface area (Å²) in [5.74, 6) is -0.0608. The summed E-state index contributed by atoms with van der Waals surface area (Å²) >= 11 is 0. The van der Waals surface area contributed by atoms with Gasteiger partial charge in [-0.25, -0.2) is 0 Å². The molecular formula is C6H14O4S. The van der Waals surface area contributed by atoms with Crippen LogP contribution in [0.25, 0.3) is 0 Å². The van der Waals surface area contributed by atoms with Crippen molar-refractivity contribution in [2.75, 3.05) is 25.6 Å². The van der Waals surface area contributed by atoms with E-state index in [0.717, 1.165) is 0 Å². The van der Waals surface area contributed by atoms with Crippen LogP contribution in [0.15, 0.2) is 0 Å². The highest BCUT2D eigenvalue weighted by Gasteiger charge is 2.08. The Morgan fingerprint density at radius 3 is 2.27 bits per heavy atom. The summed E-state index contributed by atoms with van der Waals surface area (Å²) in [5, 5.41) is 0. The molecule has 0 aliphatic heterocycles. The zero-order valence-corrected chi connectivity index (χ0v) is 7.69. The summed E-state index contributed by atoms with van der Waals surface area (Å²) < 4.78 is 30.9. The van der Waals surface area contributed by atoms with E-state index in [1.54, 1.807) is 6.92 Å². The Kier molecular flexibility index (Phi) is 5.45. The first-order valence-corrected chi connectivity index (χ1v) is 5.15. The molecule has 0 spiro atoms. The largest absolute Gasteiger partial charge is 0.381 e. The third kappa shape index (κ3) is 6.28. The van der Waals surface area contributed by atoms with Gasteiger partial charge >= 0.3 is 0 Å². The standard InChI is InChI=1S/C6H14O4S/c1-3-9-5-6-11(7,8)10-4-2/h3-6H2,1-2H3. The van der Waals surface area contributed by atoms with Gasteiger partial charge in [-0.15, -0.1) is 0 Å². The van der Waals surface area contributed by atoms with E-state index < -0.39 is 10.1 Å². The smallest absolute Gasteiger partial charge is 0.269 e. The first kappa shape index (κ1) is 10.9. The van der Waals surface area contributed by atoms with E-state index in [2.05, 4.69) is 4.18 Å². The molecule has 0 unspecified atom stereocenters. The van der Waals surface area contributed by atoms with Crippen LogP contribution in [0.5, 0.6) is 0 Å². The molecule has 0 heterocycles. The second-order valence-electron chi connectivity index (χ2n) is 1.87. The van der Waals surface area contributed by atoms with E-state index in [9.17, 15) is 8.42 Å². The molecule has 0 radical (unpaired) electrons.